The smallest absolute Gasteiger partial charge is 0.300 e. The first-order valence-corrected chi connectivity index (χ1v) is 11.1. The van der Waals surface area contributed by atoms with Gasteiger partial charge in [-0.15, -0.1) is 0 Å². The summed E-state index contributed by atoms with van der Waals surface area (Å²) in [6, 6.07) is 16.0. The van der Waals surface area contributed by atoms with Gasteiger partial charge in [-0.3, -0.25) is 14.5 Å². The van der Waals surface area contributed by atoms with Crippen molar-refractivity contribution in [2.24, 2.45) is 0 Å². The molecule has 1 heterocycles. The number of nitrogens with zero attached hydrogens (tertiary/aromatic N) is 1. The molecule has 3 aromatic carbocycles. The van der Waals surface area contributed by atoms with Crippen molar-refractivity contribution in [3.8, 4) is 11.5 Å². The number of ketones is 1. The Morgan fingerprint density at radius 1 is 0.912 bits per heavy atom. The summed E-state index contributed by atoms with van der Waals surface area (Å²) in [4.78, 5) is 28.1. The third-order valence-electron chi connectivity index (χ3n) is 5.72. The van der Waals surface area contributed by atoms with Crippen molar-refractivity contribution in [2.45, 2.75) is 13.0 Å². The largest absolute Gasteiger partial charge is 0.506 e. The molecule has 4 rings (SSSR count). The van der Waals surface area contributed by atoms with E-state index >= 15 is 0 Å². The number of amides is 1. The molecule has 1 atom stereocenters. The van der Waals surface area contributed by atoms with E-state index in [4.69, 9.17) is 32.7 Å². The van der Waals surface area contributed by atoms with Gasteiger partial charge in [-0.2, -0.15) is 0 Å². The highest BCUT2D eigenvalue weighted by molar-refractivity contribution is 6.52. The molecule has 1 fully saturated rings. The molecule has 1 amide bonds. The summed E-state index contributed by atoms with van der Waals surface area (Å²) < 4.78 is 10.8. The Morgan fingerprint density at radius 3 is 2.06 bits per heavy atom. The summed E-state index contributed by atoms with van der Waals surface area (Å²) in [5, 5.41) is 12.1. The van der Waals surface area contributed by atoms with Gasteiger partial charge in [-0.05, 0) is 48.4 Å². The normalized spacial score (nSPS) is 17.2. The number of rotatable bonds is 5. The highest BCUT2D eigenvalue weighted by Crippen LogP contribution is 2.46. The van der Waals surface area contributed by atoms with E-state index in [2.05, 4.69) is 0 Å². The lowest BCUT2D eigenvalue weighted by atomic mass is 9.92. The number of aliphatic hydroxyl groups excluding tert-OH is 1. The van der Waals surface area contributed by atoms with Crippen molar-refractivity contribution in [3.63, 3.8) is 0 Å². The lowest BCUT2D eigenvalue weighted by molar-refractivity contribution is -0.132. The van der Waals surface area contributed by atoms with Gasteiger partial charge in [0.2, 0.25) is 0 Å². The molecule has 174 valence electrons. The Hall–Kier alpha value is -3.48. The molecule has 0 spiro atoms. The maximum atomic E-state index is 13.4. The number of hydrogen-bond acceptors (Lipinski definition) is 5. The van der Waals surface area contributed by atoms with Crippen molar-refractivity contribution < 1.29 is 24.2 Å². The van der Waals surface area contributed by atoms with Crippen LogP contribution in [-0.2, 0) is 9.59 Å². The summed E-state index contributed by atoms with van der Waals surface area (Å²) in [5.74, 6) is -1.50. The summed E-state index contributed by atoms with van der Waals surface area (Å²) >= 11 is 12.4. The van der Waals surface area contributed by atoms with E-state index in [-0.39, 0.29) is 22.6 Å². The van der Waals surface area contributed by atoms with Gasteiger partial charge in [0.25, 0.3) is 11.7 Å². The van der Waals surface area contributed by atoms with E-state index in [1.807, 2.05) is 19.1 Å². The van der Waals surface area contributed by atoms with Crippen LogP contribution >= 0.6 is 23.2 Å². The van der Waals surface area contributed by atoms with Gasteiger partial charge >= 0.3 is 0 Å². The van der Waals surface area contributed by atoms with E-state index in [0.29, 0.717) is 21.3 Å². The molecule has 0 aliphatic carbocycles. The van der Waals surface area contributed by atoms with Crippen LogP contribution in [0.25, 0.3) is 5.76 Å². The van der Waals surface area contributed by atoms with Gasteiger partial charge in [0.15, 0.2) is 0 Å². The number of hydrogen-bond donors (Lipinski definition) is 1. The van der Waals surface area contributed by atoms with Gasteiger partial charge in [-0.1, -0.05) is 53.5 Å². The van der Waals surface area contributed by atoms with E-state index in [9.17, 15) is 14.7 Å². The van der Waals surface area contributed by atoms with E-state index in [0.717, 1.165) is 5.56 Å². The zero-order valence-electron chi connectivity index (χ0n) is 18.6. The third-order valence-corrected chi connectivity index (χ3v) is 6.15. The van der Waals surface area contributed by atoms with Crippen LogP contribution in [0.1, 0.15) is 22.7 Å². The van der Waals surface area contributed by atoms with Gasteiger partial charge in [-0.25, -0.2) is 0 Å². The lowest BCUT2D eigenvalue weighted by Crippen LogP contribution is -2.29. The van der Waals surface area contributed by atoms with Crippen molar-refractivity contribution in [3.05, 3.63) is 93.0 Å². The number of carbonyl (C=O) groups is 2. The zero-order chi connectivity index (χ0) is 24.6. The number of carbonyl (C=O) groups excluding carboxylic acids is 2. The summed E-state index contributed by atoms with van der Waals surface area (Å²) in [6.07, 6.45) is 0. The maximum absolute atomic E-state index is 13.4. The molecule has 6 nitrogen and oxygen atoms in total. The average molecular weight is 498 g/mol. The molecule has 1 N–H and O–H groups in total. The van der Waals surface area contributed by atoms with Crippen molar-refractivity contribution in [1.29, 1.82) is 0 Å². The van der Waals surface area contributed by atoms with Crippen LogP contribution in [-0.4, -0.2) is 31.0 Å². The standard InChI is InChI=1S/C26H21Cl2NO5/c1-14-7-4-5-8-18(14)23-22(24(30)21-19(33-2)9-6-10-20(21)34-3)25(31)26(32)29(23)17-12-15(27)11-16(28)13-17/h4-13,23,30H,1-3H3/b24-22+. The number of benzene rings is 3. The first-order valence-electron chi connectivity index (χ1n) is 10.3. The van der Waals surface area contributed by atoms with E-state index in [1.165, 1.54) is 25.2 Å². The molecule has 1 aliphatic heterocycles. The third kappa shape index (κ3) is 4.00. The van der Waals surface area contributed by atoms with Crippen LogP contribution in [0.15, 0.2) is 66.2 Å². The number of methoxy groups -OCH3 is 2. The zero-order valence-corrected chi connectivity index (χ0v) is 20.1. The lowest BCUT2D eigenvalue weighted by Gasteiger charge is -2.27. The fraction of sp³-hybridized carbons (Fsp3) is 0.154. The molecular weight excluding hydrogens is 477 g/mol. The average Bonchev–Trinajstić information content (AvgIpc) is 3.08. The van der Waals surface area contributed by atoms with Crippen LogP contribution < -0.4 is 14.4 Å². The fourth-order valence-corrected chi connectivity index (χ4v) is 4.70. The van der Waals surface area contributed by atoms with E-state index < -0.39 is 23.5 Å². The van der Waals surface area contributed by atoms with Crippen LogP contribution in [0, 0.1) is 6.92 Å². The summed E-state index contributed by atoms with van der Waals surface area (Å²) in [7, 11) is 2.88. The predicted molar refractivity (Wildman–Crippen MR) is 132 cm³/mol. The molecule has 1 aliphatic rings. The topological polar surface area (TPSA) is 76.1 Å². The quantitative estimate of drug-likeness (QED) is 0.268. The minimum absolute atomic E-state index is 0.0989. The highest BCUT2D eigenvalue weighted by atomic mass is 35.5. The van der Waals surface area contributed by atoms with Gasteiger partial charge in [0.05, 0.1) is 25.8 Å². The number of ether oxygens (including phenoxy) is 2. The van der Waals surface area contributed by atoms with Gasteiger partial charge < -0.3 is 14.6 Å². The minimum atomic E-state index is -0.939. The van der Waals surface area contributed by atoms with Crippen molar-refractivity contribution in [1.82, 2.24) is 0 Å². The Balaban J connectivity index is 2.05. The Labute approximate surface area is 206 Å². The van der Waals surface area contributed by atoms with Gasteiger partial charge in [0.1, 0.15) is 22.8 Å². The Morgan fingerprint density at radius 2 is 1.50 bits per heavy atom. The second-order valence-corrected chi connectivity index (χ2v) is 8.56. The minimum Gasteiger partial charge on any atom is -0.506 e. The second-order valence-electron chi connectivity index (χ2n) is 7.69. The molecule has 0 bridgehead atoms. The predicted octanol–water partition coefficient (Wildman–Crippen LogP) is 5.95. The second kappa shape index (κ2) is 9.41. The summed E-state index contributed by atoms with van der Waals surface area (Å²) in [6.45, 7) is 1.87. The number of aliphatic hydroxyl groups is 1. The Bertz CT molecular complexity index is 1290. The molecule has 0 radical (unpaired) electrons. The Kier molecular flexibility index (Phi) is 6.55. The first-order chi connectivity index (χ1) is 16.3. The van der Waals surface area contributed by atoms with Gasteiger partial charge in [0, 0.05) is 15.7 Å². The fourth-order valence-electron chi connectivity index (χ4n) is 4.18. The molecular formula is C26H21Cl2NO5. The van der Waals surface area contributed by atoms with Crippen molar-refractivity contribution in [2.75, 3.05) is 19.1 Å². The molecule has 1 unspecified atom stereocenters. The summed E-state index contributed by atoms with van der Waals surface area (Å²) in [5.41, 5.74) is 1.89. The molecule has 0 aromatic heterocycles. The number of anilines is 1. The highest BCUT2D eigenvalue weighted by Gasteiger charge is 2.48. The number of Topliss-reactive ketones (excluding diaryl/α,β-unsaturated/α-hetero) is 1. The van der Waals surface area contributed by atoms with Crippen LogP contribution in [0.4, 0.5) is 5.69 Å². The van der Waals surface area contributed by atoms with Crippen molar-refractivity contribution >= 4 is 46.3 Å². The molecule has 1 saturated heterocycles. The number of halogens is 2. The SMILES string of the molecule is COc1cccc(OC)c1/C(O)=C1\C(=O)C(=O)N(c2cc(Cl)cc(Cl)c2)C1c1ccccc1C. The first kappa shape index (κ1) is 23.7. The molecule has 0 saturated carbocycles. The molecule has 34 heavy (non-hydrogen) atoms. The molecule has 8 heteroatoms. The van der Waals surface area contributed by atoms with Crippen LogP contribution in [0.3, 0.4) is 0 Å². The van der Waals surface area contributed by atoms with Crippen LogP contribution in [0.2, 0.25) is 10.0 Å². The van der Waals surface area contributed by atoms with Crippen LogP contribution in [0.5, 0.6) is 11.5 Å². The maximum Gasteiger partial charge on any atom is 0.300 e. The monoisotopic (exact) mass is 497 g/mol. The number of aryl methyl sites for hydroxylation is 1. The van der Waals surface area contributed by atoms with E-state index in [1.54, 1.807) is 42.5 Å². The molecule has 3 aromatic rings.